The van der Waals surface area contributed by atoms with Gasteiger partial charge in [-0.25, -0.2) is 0 Å². The van der Waals surface area contributed by atoms with Crippen molar-refractivity contribution in [3.63, 3.8) is 0 Å². The van der Waals surface area contributed by atoms with E-state index in [2.05, 4.69) is 45.0 Å². The fourth-order valence-electron chi connectivity index (χ4n) is 4.36. The van der Waals surface area contributed by atoms with Gasteiger partial charge in [0.15, 0.2) is 5.85 Å². The van der Waals surface area contributed by atoms with Crippen molar-refractivity contribution >= 4 is 26.3 Å². The second-order valence-corrected chi connectivity index (χ2v) is 15.7. The molecule has 1 atom stereocenters. The number of hydrogen-bond donors (Lipinski definition) is 1. The molecule has 3 rings (SSSR count). The van der Waals surface area contributed by atoms with E-state index in [-0.39, 0.29) is 18.3 Å². The lowest BCUT2D eigenvalue weighted by Gasteiger charge is -2.43. The minimum Gasteiger partial charge on any atom is -0.534 e. The Balaban J connectivity index is 2.16. The largest absolute Gasteiger partial charge is 0.534 e. The maximum Gasteiger partial charge on any atom is 0.363 e. The summed E-state index contributed by atoms with van der Waals surface area (Å²) in [4.78, 5) is 0. The van der Waals surface area contributed by atoms with Crippen LogP contribution in [0.25, 0.3) is 0 Å². The van der Waals surface area contributed by atoms with Crippen LogP contribution >= 0.6 is 7.60 Å². The van der Waals surface area contributed by atoms with Crippen LogP contribution in [0.5, 0.6) is 5.75 Å². The first-order valence-electron chi connectivity index (χ1n) is 11.6. The Morgan fingerprint density at radius 2 is 1.40 bits per heavy atom. The number of rotatable bonds is 11. The van der Waals surface area contributed by atoms with E-state index in [0.717, 1.165) is 10.4 Å². The van der Waals surface area contributed by atoms with E-state index in [9.17, 15) is 9.67 Å². The Morgan fingerprint density at radius 3 is 1.86 bits per heavy atom. The summed E-state index contributed by atoms with van der Waals surface area (Å²) in [5.41, 5.74) is 0.584. The number of aliphatic hydroxyl groups is 1. The summed E-state index contributed by atoms with van der Waals surface area (Å²) in [5, 5.41) is 11.4. The molecule has 0 aliphatic rings. The normalized spacial score (nSPS) is 13.4. The van der Waals surface area contributed by atoms with E-state index in [1.165, 1.54) is 14.2 Å². The number of ether oxygens (including phenoxy) is 1. The highest BCUT2D eigenvalue weighted by molar-refractivity contribution is 7.54. The first kappa shape index (κ1) is 27.3. The van der Waals surface area contributed by atoms with Crippen LogP contribution in [0.4, 0.5) is 0 Å². The number of benzene rings is 3. The standard InChI is InChI=1S/C27H35O6PSi/c1-27(2,3)35(24-15-8-6-9-16-24,25-17-10-7-11-18-25)33-23-14-12-13-22(21-23)26(32-20-19-28)34(29,30-4)31-5/h6-18,21,26,28H,19-20H2,1-5H3. The Labute approximate surface area is 209 Å². The summed E-state index contributed by atoms with van der Waals surface area (Å²) in [7, 11) is -3.84. The lowest BCUT2D eigenvalue weighted by molar-refractivity contribution is 0.0509. The van der Waals surface area contributed by atoms with Gasteiger partial charge in [0.2, 0.25) is 0 Å². The molecule has 1 N–H and O–H groups in total. The number of aliphatic hydroxyl groups excluding tert-OH is 1. The molecule has 0 heterocycles. The Hall–Kier alpha value is -2.25. The smallest absolute Gasteiger partial charge is 0.363 e. The van der Waals surface area contributed by atoms with Crippen LogP contribution in [0.1, 0.15) is 32.2 Å². The Morgan fingerprint density at radius 1 is 0.857 bits per heavy atom. The second-order valence-electron chi connectivity index (χ2n) is 9.19. The predicted molar refractivity (Wildman–Crippen MR) is 142 cm³/mol. The van der Waals surface area contributed by atoms with Crippen LogP contribution in [0, 0.1) is 0 Å². The average Bonchev–Trinajstić information content (AvgIpc) is 2.88. The minimum absolute atomic E-state index is 0.0127. The molecule has 0 saturated carbocycles. The summed E-state index contributed by atoms with van der Waals surface area (Å²) in [6.45, 7) is 6.39. The van der Waals surface area contributed by atoms with Gasteiger partial charge in [-0.2, -0.15) is 0 Å². The van der Waals surface area contributed by atoms with Gasteiger partial charge in [0.25, 0.3) is 0 Å². The molecular weight excluding hydrogens is 479 g/mol. The topological polar surface area (TPSA) is 74.2 Å². The third-order valence-electron chi connectivity index (χ3n) is 5.99. The molecule has 0 radical (unpaired) electrons. The van der Waals surface area contributed by atoms with E-state index in [4.69, 9.17) is 18.2 Å². The van der Waals surface area contributed by atoms with Crippen LogP contribution < -0.4 is 14.8 Å². The highest BCUT2D eigenvalue weighted by Gasteiger charge is 2.52. The van der Waals surface area contributed by atoms with Gasteiger partial charge in [0.1, 0.15) is 5.75 Å². The van der Waals surface area contributed by atoms with Crippen LogP contribution in [-0.4, -0.2) is 40.9 Å². The van der Waals surface area contributed by atoms with Crippen molar-refractivity contribution in [2.24, 2.45) is 0 Å². The van der Waals surface area contributed by atoms with Crippen molar-refractivity contribution < 1.29 is 27.9 Å². The fourth-order valence-corrected chi connectivity index (χ4v) is 10.1. The van der Waals surface area contributed by atoms with Gasteiger partial charge in [0.05, 0.1) is 13.2 Å². The highest BCUT2D eigenvalue weighted by atomic mass is 31.2. The minimum atomic E-state index is -3.64. The molecular formula is C27H35O6PSi. The van der Waals surface area contributed by atoms with Gasteiger partial charge >= 0.3 is 15.9 Å². The van der Waals surface area contributed by atoms with E-state index in [0.29, 0.717) is 11.3 Å². The van der Waals surface area contributed by atoms with Crippen LogP contribution in [0.2, 0.25) is 5.04 Å². The fraction of sp³-hybridized carbons (Fsp3) is 0.333. The van der Waals surface area contributed by atoms with Crippen molar-refractivity contribution in [3.8, 4) is 5.75 Å². The second kappa shape index (κ2) is 11.7. The van der Waals surface area contributed by atoms with Gasteiger partial charge in [-0.05, 0) is 33.1 Å². The Bertz CT molecular complexity index is 1070. The SMILES string of the molecule is COP(=O)(OC)C(OCCO)c1cccc(O[Si](c2ccccc2)(c2ccccc2)C(C)(C)C)c1. The molecule has 6 nitrogen and oxygen atoms in total. The van der Waals surface area contributed by atoms with Gasteiger partial charge < -0.3 is 23.3 Å². The van der Waals surface area contributed by atoms with Crippen LogP contribution in [-0.2, 0) is 18.3 Å². The summed E-state index contributed by atoms with van der Waals surface area (Å²) >= 11 is 0. The van der Waals surface area contributed by atoms with Crippen molar-refractivity contribution in [1.82, 2.24) is 0 Å². The molecule has 0 aromatic heterocycles. The molecule has 0 aliphatic carbocycles. The summed E-state index contributed by atoms with van der Waals surface area (Å²) in [6.07, 6.45) is 0. The zero-order chi connectivity index (χ0) is 25.5. The van der Waals surface area contributed by atoms with Gasteiger partial charge in [-0.15, -0.1) is 0 Å². The molecule has 35 heavy (non-hydrogen) atoms. The predicted octanol–water partition coefficient (Wildman–Crippen LogP) is 5.12. The van der Waals surface area contributed by atoms with Gasteiger partial charge in [-0.1, -0.05) is 93.6 Å². The summed E-state index contributed by atoms with van der Waals surface area (Å²) in [6, 6.07) is 28.1. The van der Waals surface area contributed by atoms with Gasteiger partial charge in [0, 0.05) is 14.2 Å². The molecule has 188 valence electrons. The lowest BCUT2D eigenvalue weighted by Crippen LogP contribution is -2.68. The third-order valence-corrected chi connectivity index (χ3v) is 13.0. The van der Waals surface area contributed by atoms with Gasteiger partial charge in [-0.3, -0.25) is 4.57 Å². The van der Waals surface area contributed by atoms with E-state index < -0.39 is 21.8 Å². The van der Waals surface area contributed by atoms with Crippen molar-refractivity contribution in [1.29, 1.82) is 0 Å². The van der Waals surface area contributed by atoms with E-state index in [1.54, 1.807) is 6.07 Å². The molecule has 8 heteroatoms. The zero-order valence-corrected chi connectivity index (χ0v) is 22.9. The van der Waals surface area contributed by atoms with Crippen LogP contribution in [0.15, 0.2) is 84.9 Å². The molecule has 3 aromatic carbocycles. The van der Waals surface area contributed by atoms with Crippen molar-refractivity contribution in [3.05, 3.63) is 90.5 Å². The van der Waals surface area contributed by atoms with E-state index in [1.807, 2.05) is 54.6 Å². The maximum absolute atomic E-state index is 13.3. The van der Waals surface area contributed by atoms with E-state index >= 15 is 0 Å². The molecule has 1 unspecified atom stereocenters. The summed E-state index contributed by atoms with van der Waals surface area (Å²) in [5.74, 6) is -0.375. The zero-order valence-electron chi connectivity index (χ0n) is 21.0. The molecule has 0 bridgehead atoms. The quantitative estimate of drug-likeness (QED) is 0.283. The highest BCUT2D eigenvalue weighted by Crippen LogP contribution is 2.60. The third kappa shape index (κ3) is 5.77. The lowest BCUT2D eigenvalue weighted by atomic mass is 10.2. The maximum atomic E-state index is 13.3. The van der Waals surface area contributed by atoms with Crippen LogP contribution in [0.3, 0.4) is 0 Å². The molecule has 0 aliphatic heterocycles. The number of hydrogen-bond acceptors (Lipinski definition) is 6. The first-order valence-corrected chi connectivity index (χ1v) is 15.1. The molecule has 0 amide bonds. The molecule has 0 spiro atoms. The first-order chi connectivity index (χ1) is 16.7. The monoisotopic (exact) mass is 514 g/mol. The molecule has 3 aromatic rings. The molecule has 0 saturated heterocycles. The Kier molecular flexibility index (Phi) is 9.10. The average molecular weight is 515 g/mol. The van der Waals surface area contributed by atoms with Crippen molar-refractivity contribution in [2.75, 3.05) is 27.4 Å². The molecule has 0 fully saturated rings. The van der Waals surface area contributed by atoms with Crippen molar-refractivity contribution in [2.45, 2.75) is 31.7 Å². The summed E-state index contributed by atoms with van der Waals surface area (Å²) < 4.78 is 36.5.